The summed E-state index contributed by atoms with van der Waals surface area (Å²) in [6.07, 6.45) is 4.58. The Bertz CT molecular complexity index is 1090. The van der Waals surface area contributed by atoms with Gasteiger partial charge in [0.05, 0.1) is 17.4 Å². The first-order valence-corrected chi connectivity index (χ1v) is 8.95. The van der Waals surface area contributed by atoms with E-state index in [4.69, 9.17) is 0 Å². The quantitative estimate of drug-likeness (QED) is 0.740. The highest BCUT2D eigenvalue weighted by Crippen LogP contribution is 2.25. The number of nitrogens with zero attached hydrogens (tertiary/aromatic N) is 3. The number of carbonyl (C=O) groups is 2. The Balaban J connectivity index is 1.59. The lowest BCUT2D eigenvalue weighted by Gasteiger charge is -2.29. The summed E-state index contributed by atoms with van der Waals surface area (Å²) in [5.41, 5.74) is 1.50. The molecular weight excluding hydrogens is 378 g/mol. The van der Waals surface area contributed by atoms with E-state index >= 15 is 0 Å². The van der Waals surface area contributed by atoms with Crippen molar-refractivity contribution in [3.8, 4) is 0 Å². The molecule has 0 fully saturated rings. The molecule has 4 rings (SSSR count). The predicted molar refractivity (Wildman–Crippen MR) is 101 cm³/mol. The molecule has 2 aromatic carbocycles. The van der Waals surface area contributed by atoms with Gasteiger partial charge >= 0.3 is 0 Å². The molecule has 8 heteroatoms. The molecule has 0 unspecified atom stereocenters. The van der Waals surface area contributed by atoms with Crippen molar-refractivity contribution in [2.24, 2.45) is 0 Å². The molecular formula is C21H16F2N4O2. The zero-order valence-corrected chi connectivity index (χ0v) is 15.2. The largest absolute Gasteiger partial charge is 0.334 e. The van der Waals surface area contributed by atoms with Gasteiger partial charge in [0.15, 0.2) is 0 Å². The van der Waals surface area contributed by atoms with Crippen molar-refractivity contribution in [3.63, 3.8) is 0 Å². The van der Waals surface area contributed by atoms with Gasteiger partial charge in [-0.15, -0.1) is 0 Å². The van der Waals surface area contributed by atoms with Gasteiger partial charge in [-0.1, -0.05) is 24.3 Å². The lowest BCUT2D eigenvalue weighted by atomic mass is 9.99. The van der Waals surface area contributed by atoms with Crippen LogP contribution in [0.5, 0.6) is 0 Å². The van der Waals surface area contributed by atoms with Crippen LogP contribution in [0.2, 0.25) is 0 Å². The van der Waals surface area contributed by atoms with Crippen molar-refractivity contribution in [2.75, 3.05) is 11.9 Å². The van der Waals surface area contributed by atoms with Crippen LogP contribution in [0.1, 0.15) is 32.0 Å². The molecule has 2 amide bonds. The number of aromatic nitrogens is 2. The molecule has 0 radical (unpaired) electrons. The average molecular weight is 394 g/mol. The number of halogens is 2. The Morgan fingerprint density at radius 2 is 1.83 bits per heavy atom. The van der Waals surface area contributed by atoms with Crippen LogP contribution in [0.15, 0.2) is 55.0 Å². The van der Waals surface area contributed by atoms with Crippen LogP contribution in [0.25, 0.3) is 0 Å². The zero-order valence-electron chi connectivity index (χ0n) is 15.2. The maximum absolute atomic E-state index is 14.4. The van der Waals surface area contributed by atoms with Crippen LogP contribution in [0, 0.1) is 11.6 Å². The number of nitrogens with one attached hydrogen (secondary N) is 1. The van der Waals surface area contributed by atoms with Gasteiger partial charge in [0.25, 0.3) is 11.8 Å². The third-order valence-corrected chi connectivity index (χ3v) is 4.75. The summed E-state index contributed by atoms with van der Waals surface area (Å²) in [6.45, 7) is 0.765. The van der Waals surface area contributed by atoms with Gasteiger partial charge in [0, 0.05) is 31.5 Å². The van der Waals surface area contributed by atoms with E-state index < -0.39 is 23.4 Å². The minimum Gasteiger partial charge on any atom is -0.334 e. The molecule has 1 aliphatic heterocycles. The third kappa shape index (κ3) is 3.82. The lowest BCUT2D eigenvalue weighted by Crippen LogP contribution is -2.36. The van der Waals surface area contributed by atoms with Crippen LogP contribution in [0.3, 0.4) is 0 Å². The van der Waals surface area contributed by atoms with E-state index in [0.29, 0.717) is 25.6 Å². The van der Waals surface area contributed by atoms with Crippen LogP contribution < -0.4 is 5.32 Å². The molecule has 0 spiro atoms. The number of fused-ring (bicyclic) bond motifs is 1. The summed E-state index contributed by atoms with van der Waals surface area (Å²) in [7, 11) is 0. The summed E-state index contributed by atoms with van der Waals surface area (Å²) in [6, 6.07) is 9.34. The van der Waals surface area contributed by atoms with Gasteiger partial charge in [-0.3, -0.25) is 14.6 Å². The first kappa shape index (κ1) is 18.7. The van der Waals surface area contributed by atoms with Crippen LogP contribution in [-0.4, -0.2) is 33.2 Å². The number of amides is 2. The SMILES string of the molecule is O=C(Nc1cc(C(=O)N2CCc3ccccc3C2)c(F)cc1F)c1cnccn1. The molecule has 3 aromatic rings. The van der Waals surface area contributed by atoms with E-state index in [1.807, 2.05) is 24.3 Å². The molecule has 6 nitrogen and oxygen atoms in total. The highest BCUT2D eigenvalue weighted by Gasteiger charge is 2.25. The van der Waals surface area contributed by atoms with Crippen molar-refractivity contribution < 1.29 is 18.4 Å². The standard InChI is InChI=1S/C21H16F2N4O2/c22-16-10-17(23)18(26-20(28)19-11-24-6-7-25-19)9-15(16)21(29)27-8-5-13-3-1-2-4-14(13)12-27/h1-4,6-7,9-11H,5,8,12H2,(H,26,28). The molecule has 2 heterocycles. The third-order valence-electron chi connectivity index (χ3n) is 4.75. The average Bonchev–Trinajstić information content (AvgIpc) is 2.75. The maximum Gasteiger partial charge on any atom is 0.275 e. The second-order valence-corrected chi connectivity index (χ2v) is 6.60. The predicted octanol–water partition coefficient (Wildman–Crippen LogP) is 3.21. The first-order chi connectivity index (χ1) is 14.0. The Morgan fingerprint density at radius 3 is 2.59 bits per heavy atom. The molecule has 0 saturated heterocycles. The molecule has 0 atom stereocenters. The van der Waals surface area contributed by atoms with E-state index in [-0.39, 0.29) is 16.9 Å². The number of anilines is 1. The topological polar surface area (TPSA) is 75.2 Å². The highest BCUT2D eigenvalue weighted by atomic mass is 19.1. The Kier molecular flexibility index (Phi) is 4.99. The van der Waals surface area contributed by atoms with Gasteiger partial charge in [-0.05, 0) is 23.6 Å². The summed E-state index contributed by atoms with van der Waals surface area (Å²) in [5.74, 6) is -3.25. The fourth-order valence-electron chi connectivity index (χ4n) is 3.25. The summed E-state index contributed by atoms with van der Waals surface area (Å²) >= 11 is 0. The van der Waals surface area contributed by atoms with Crippen molar-refractivity contribution in [2.45, 2.75) is 13.0 Å². The van der Waals surface area contributed by atoms with E-state index in [9.17, 15) is 18.4 Å². The number of hydrogen-bond acceptors (Lipinski definition) is 4. The van der Waals surface area contributed by atoms with Crippen molar-refractivity contribution in [1.29, 1.82) is 0 Å². The number of hydrogen-bond donors (Lipinski definition) is 1. The lowest BCUT2D eigenvalue weighted by molar-refractivity contribution is 0.0729. The summed E-state index contributed by atoms with van der Waals surface area (Å²) < 4.78 is 28.6. The van der Waals surface area contributed by atoms with Crippen LogP contribution >= 0.6 is 0 Å². The molecule has 1 aliphatic rings. The van der Waals surface area contributed by atoms with E-state index in [1.54, 1.807) is 0 Å². The van der Waals surface area contributed by atoms with Crippen molar-refractivity contribution >= 4 is 17.5 Å². The van der Waals surface area contributed by atoms with Crippen LogP contribution in [0.4, 0.5) is 14.5 Å². The van der Waals surface area contributed by atoms with Crippen LogP contribution in [-0.2, 0) is 13.0 Å². The highest BCUT2D eigenvalue weighted by molar-refractivity contribution is 6.03. The van der Waals surface area contributed by atoms with Gasteiger partial charge in [-0.2, -0.15) is 0 Å². The Labute approximate surface area is 165 Å². The summed E-state index contributed by atoms with van der Waals surface area (Å²) in [5, 5.41) is 2.31. The molecule has 0 bridgehead atoms. The zero-order chi connectivity index (χ0) is 20.4. The minimum absolute atomic E-state index is 0.0308. The molecule has 146 valence electrons. The van der Waals surface area contributed by atoms with Gasteiger partial charge in [0.2, 0.25) is 0 Å². The second kappa shape index (κ2) is 7.75. The van der Waals surface area contributed by atoms with E-state index in [0.717, 1.165) is 17.2 Å². The number of rotatable bonds is 3. The van der Waals surface area contributed by atoms with Gasteiger partial charge < -0.3 is 10.2 Å². The second-order valence-electron chi connectivity index (χ2n) is 6.60. The smallest absolute Gasteiger partial charge is 0.275 e. The molecule has 0 saturated carbocycles. The Morgan fingerprint density at radius 1 is 1.03 bits per heavy atom. The number of benzene rings is 2. The normalized spacial score (nSPS) is 13.0. The van der Waals surface area contributed by atoms with Gasteiger partial charge in [-0.25, -0.2) is 13.8 Å². The Hall–Kier alpha value is -3.68. The first-order valence-electron chi connectivity index (χ1n) is 8.95. The van der Waals surface area contributed by atoms with E-state index in [1.165, 1.54) is 23.5 Å². The van der Waals surface area contributed by atoms with E-state index in [2.05, 4.69) is 15.3 Å². The molecule has 1 N–H and O–H groups in total. The fourth-order valence-corrected chi connectivity index (χ4v) is 3.25. The summed E-state index contributed by atoms with van der Waals surface area (Å²) in [4.78, 5) is 34.2. The minimum atomic E-state index is -0.986. The number of carbonyl (C=O) groups excluding carboxylic acids is 2. The molecule has 29 heavy (non-hydrogen) atoms. The monoisotopic (exact) mass is 394 g/mol. The van der Waals surface area contributed by atoms with Crippen molar-refractivity contribution in [1.82, 2.24) is 14.9 Å². The molecule has 1 aromatic heterocycles. The van der Waals surface area contributed by atoms with Crippen molar-refractivity contribution in [3.05, 3.63) is 89.0 Å². The fraction of sp³-hybridized carbons (Fsp3) is 0.143. The maximum atomic E-state index is 14.4. The molecule has 0 aliphatic carbocycles. The van der Waals surface area contributed by atoms with Gasteiger partial charge in [0.1, 0.15) is 17.3 Å².